The highest BCUT2D eigenvalue weighted by Crippen LogP contribution is 2.26. The van der Waals surface area contributed by atoms with E-state index in [0.29, 0.717) is 19.3 Å². The molecule has 0 spiro atoms. The number of carboxylic acids is 1. The predicted molar refractivity (Wildman–Crippen MR) is 321 cm³/mol. The van der Waals surface area contributed by atoms with Crippen LogP contribution < -0.4 is 0 Å². The lowest BCUT2D eigenvalue weighted by molar-refractivity contribution is -0.301. The van der Waals surface area contributed by atoms with Crippen LogP contribution in [0.2, 0.25) is 0 Å². The monoisotopic (exact) mass is 1110 g/mol. The minimum absolute atomic E-state index is 0.0278. The normalized spacial score (nSPS) is 18.4. The molecule has 12 nitrogen and oxygen atoms in total. The lowest BCUT2D eigenvalue weighted by Gasteiger charge is -2.40. The van der Waals surface area contributed by atoms with E-state index in [4.69, 9.17) is 23.7 Å². The maximum Gasteiger partial charge on any atom is 0.335 e. The van der Waals surface area contributed by atoms with Gasteiger partial charge in [0.05, 0.1) is 6.61 Å². The fraction of sp³-hybridized carbons (Fsp3) is 0.731. The van der Waals surface area contributed by atoms with E-state index in [1.165, 1.54) is 83.5 Å². The van der Waals surface area contributed by atoms with Crippen LogP contribution in [0.5, 0.6) is 0 Å². The minimum Gasteiger partial charge on any atom is -0.479 e. The molecular formula is C67H112O12. The Bertz CT molecular complexity index is 1700. The maximum atomic E-state index is 13.2. The molecule has 0 aromatic rings. The summed E-state index contributed by atoms with van der Waals surface area (Å²) >= 11 is 0. The first-order valence-electron chi connectivity index (χ1n) is 31.6. The Balaban J connectivity index is 2.70. The van der Waals surface area contributed by atoms with Crippen molar-refractivity contribution < 1.29 is 58.2 Å². The van der Waals surface area contributed by atoms with E-state index in [1.54, 1.807) is 0 Å². The molecular weight excluding hydrogens is 997 g/mol. The highest BCUT2D eigenvalue weighted by atomic mass is 16.7. The second kappa shape index (κ2) is 54.5. The Morgan fingerprint density at radius 3 is 1.25 bits per heavy atom. The third-order valence-electron chi connectivity index (χ3n) is 13.9. The zero-order valence-corrected chi connectivity index (χ0v) is 49.8. The number of hydrogen-bond donors (Lipinski definition) is 3. The van der Waals surface area contributed by atoms with Crippen LogP contribution in [0.4, 0.5) is 0 Å². The van der Waals surface area contributed by atoms with Crippen LogP contribution in [-0.4, -0.2) is 89.2 Å². The van der Waals surface area contributed by atoms with E-state index in [2.05, 4.69) is 106 Å². The van der Waals surface area contributed by atoms with Crippen molar-refractivity contribution in [3.8, 4) is 0 Å². The molecule has 1 aliphatic heterocycles. The average molecular weight is 1110 g/mol. The molecule has 1 fully saturated rings. The number of aliphatic hydroxyl groups is 2. The van der Waals surface area contributed by atoms with Gasteiger partial charge in [0, 0.05) is 19.3 Å². The molecule has 3 N–H and O–H groups in total. The number of aliphatic carboxylic acids is 1. The predicted octanol–water partition coefficient (Wildman–Crippen LogP) is 16.7. The summed E-state index contributed by atoms with van der Waals surface area (Å²) in [4.78, 5) is 51.3. The second-order valence-electron chi connectivity index (χ2n) is 21.3. The van der Waals surface area contributed by atoms with E-state index in [1.807, 2.05) is 0 Å². The summed E-state index contributed by atoms with van der Waals surface area (Å²) in [7, 11) is 0. The maximum absolute atomic E-state index is 13.2. The molecule has 0 saturated carbocycles. The van der Waals surface area contributed by atoms with Crippen molar-refractivity contribution in [1.82, 2.24) is 0 Å². The lowest BCUT2D eigenvalue weighted by atomic mass is 9.98. The zero-order chi connectivity index (χ0) is 57.5. The first-order valence-corrected chi connectivity index (χ1v) is 31.6. The Kier molecular flexibility index (Phi) is 50.3. The van der Waals surface area contributed by atoms with Gasteiger partial charge in [-0.1, -0.05) is 215 Å². The number of esters is 3. The quantitative estimate of drug-likeness (QED) is 0.0228. The summed E-state index contributed by atoms with van der Waals surface area (Å²) < 4.78 is 28.5. The Morgan fingerprint density at radius 1 is 0.430 bits per heavy atom. The number of unbranched alkanes of at least 4 members (excludes halogenated alkanes) is 25. The zero-order valence-electron chi connectivity index (χ0n) is 49.8. The summed E-state index contributed by atoms with van der Waals surface area (Å²) in [5.74, 6) is -3.17. The van der Waals surface area contributed by atoms with Gasteiger partial charge in [-0.3, -0.25) is 14.4 Å². The van der Waals surface area contributed by atoms with Crippen molar-refractivity contribution in [2.45, 2.75) is 302 Å². The average Bonchev–Trinajstić information content (AvgIpc) is 3.43. The molecule has 0 amide bonds. The van der Waals surface area contributed by atoms with E-state index < -0.39 is 67.3 Å². The summed E-state index contributed by atoms with van der Waals surface area (Å²) in [6.07, 6.45) is 58.2. The summed E-state index contributed by atoms with van der Waals surface area (Å²) in [5.41, 5.74) is 0. The van der Waals surface area contributed by atoms with Crippen molar-refractivity contribution in [3.63, 3.8) is 0 Å². The Labute approximate surface area is 480 Å². The van der Waals surface area contributed by atoms with Crippen LogP contribution in [0.1, 0.15) is 265 Å². The Morgan fingerprint density at radius 2 is 0.797 bits per heavy atom. The first-order chi connectivity index (χ1) is 38.6. The molecule has 1 rings (SSSR count). The highest BCUT2D eigenvalue weighted by molar-refractivity contribution is 5.74. The van der Waals surface area contributed by atoms with Gasteiger partial charge in [-0.15, -0.1) is 0 Å². The van der Waals surface area contributed by atoms with E-state index in [0.717, 1.165) is 122 Å². The van der Waals surface area contributed by atoms with E-state index in [-0.39, 0.29) is 25.9 Å². The number of aliphatic hydroxyl groups excluding tert-OH is 2. The molecule has 0 bridgehead atoms. The molecule has 452 valence electrons. The molecule has 12 heteroatoms. The third kappa shape index (κ3) is 44.3. The van der Waals surface area contributed by atoms with Crippen molar-refractivity contribution in [3.05, 3.63) is 85.1 Å². The van der Waals surface area contributed by atoms with Crippen LogP contribution in [0.25, 0.3) is 0 Å². The molecule has 79 heavy (non-hydrogen) atoms. The smallest absolute Gasteiger partial charge is 0.335 e. The Hall–Kier alpha value is -4.10. The van der Waals surface area contributed by atoms with Crippen LogP contribution in [0.15, 0.2) is 85.1 Å². The van der Waals surface area contributed by atoms with Gasteiger partial charge in [0.2, 0.25) is 0 Å². The molecule has 1 heterocycles. The molecule has 0 aromatic heterocycles. The van der Waals surface area contributed by atoms with Gasteiger partial charge in [0.15, 0.2) is 24.6 Å². The van der Waals surface area contributed by atoms with Crippen molar-refractivity contribution in [2.75, 3.05) is 13.2 Å². The fourth-order valence-corrected chi connectivity index (χ4v) is 9.09. The second-order valence-corrected chi connectivity index (χ2v) is 21.3. The number of allylic oxidation sites excluding steroid dienone is 14. The molecule has 0 aliphatic carbocycles. The van der Waals surface area contributed by atoms with Gasteiger partial charge in [0.1, 0.15) is 18.8 Å². The standard InChI is InChI=1S/C67H112O12/c1-4-7-10-13-16-19-22-25-28-30-33-35-38-41-44-47-50-53-59(68)75-56-58(77-60(69)54-51-48-45-42-39-36-32-27-24-21-18-15-12-9-6-3)57-76-67-65(63(72)62(71)64(79-67)66(73)74)78-61(70)55-52-49-46-43-40-37-34-31-29-26-23-20-17-14-11-8-5-2/h8,11,17-18,20-21,25-29,32,34,37,58,62-65,67,71-72H,4-7,9-10,12-16,19,22-24,30-31,33,35-36,38-57H2,1-3H3,(H,73,74)/b11-8-,20-17-,21-18-,28-25-,29-26-,32-27-,37-34-. The molecule has 1 aliphatic rings. The van der Waals surface area contributed by atoms with E-state index >= 15 is 0 Å². The SMILES string of the molecule is CC/C=C\C/C=C\C/C=C\C/C=C\CCCCCCC(=O)OC1C(OCC(COC(=O)CCCCCCCCC/C=C\CCCCCCCC)OC(=O)CCCCCCC/C=C\C/C=C\CCCCC)OC(C(=O)O)C(O)C1O. The lowest BCUT2D eigenvalue weighted by Crippen LogP contribution is -2.61. The van der Waals surface area contributed by atoms with Crippen LogP contribution in [0, 0.1) is 0 Å². The fourth-order valence-electron chi connectivity index (χ4n) is 9.09. The number of carbonyl (C=O) groups is 4. The number of hydrogen-bond acceptors (Lipinski definition) is 11. The summed E-state index contributed by atoms with van der Waals surface area (Å²) in [5, 5.41) is 31.5. The topological polar surface area (TPSA) is 175 Å². The largest absolute Gasteiger partial charge is 0.479 e. The number of carboxylic acid groups (broad SMARTS) is 1. The van der Waals surface area contributed by atoms with Gasteiger partial charge in [-0.2, -0.15) is 0 Å². The van der Waals surface area contributed by atoms with Gasteiger partial charge >= 0.3 is 23.9 Å². The van der Waals surface area contributed by atoms with Gasteiger partial charge in [0.25, 0.3) is 0 Å². The summed E-state index contributed by atoms with van der Waals surface area (Å²) in [6, 6.07) is 0. The molecule has 0 aromatic carbocycles. The number of carbonyl (C=O) groups excluding carboxylic acids is 3. The molecule has 6 unspecified atom stereocenters. The third-order valence-corrected chi connectivity index (χ3v) is 13.9. The first kappa shape index (κ1) is 72.9. The van der Waals surface area contributed by atoms with Gasteiger partial charge in [-0.05, 0) is 116 Å². The van der Waals surface area contributed by atoms with Crippen molar-refractivity contribution >= 4 is 23.9 Å². The van der Waals surface area contributed by atoms with Gasteiger partial charge < -0.3 is 39.0 Å². The molecule has 6 atom stereocenters. The van der Waals surface area contributed by atoms with Crippen molar-refractivity contribution in [1.29, 1.82) is 0 Å². The van der Waals surface area contributed by atoms with Crippen LogP contribution >= 0.6 is 0 Å². The van der Waals surface area contributed by atoms with Crippen LogP contribution in [0.3, 0.4) is 0 Å². The van der Waals surface area contributed by atoms with E-state index in [9.17, 15) is 34.5 Å². The minimum atomic E-state index is -1.92. The highest BCUT2D eigenvalue weighted by Gasteiger charge is 2.50. The van der Waals surface area contributed by atoms with Gasteiger partial charge in [-0.25, -0.2) is 4.79 Å². The number of rotatable bonds is 53. The molecule has 0 radical (unpaired) electrons. The van der Waals surface area contributed by atoms with Crippen molar-refractivity contribution in [2.24, 2.45) is 0 Å². The molecule has 1 saturated heterocycles. The summed E-state index contributed by atoms with van der Waals surface area (Å²) in [6.45, 7) is 5.84. The number of ether oxygens (including phenoxy) is 5. The van der Waals surface area contributed by atoms with Crippen LogP contribution in [-0.2, 0) is 42.9 Å².